The molecule has 3 fully saturated rings. The van der Waals surface area contributed by atoms with E-state index < -0.39 is 17.8 Å². The van der Waals surface area contributed by atoms with Gasteiger partial charge in [-0.25, -0.2) is 14.4 Å². The lowest BCUT2D eigenvalue weighted by Gasteiger charge is -2.47. The molecule has 0 saturated carbocycles. The number of rotatable bonds is 11. The number of anilines is 2. The maximum atomic E-state index is 15.5. The van der Waals surface area contributed by atoms with Gasteiger partial charge in [0.25, 0.3) is 5.91 Å². The molecule has 4 aliphatic heterocycles. The molecule has 3 aromatic carbocycles. The lowest BCUT2D eigenvalue weighted by atomic mass is 9.71. The number of aromatic nitrogens is 2. The van der Waals surface area contributed by atoms with Crippen molar-refractivity contribution in [2.45, 2.75) is 77.4 Å². The van der Waals surface area contributed by atoms with Crippen LogP contribution in [0.5, 0.6) is 11.5 Å². The number of nitrogens with zero attached hydrogens (tertiary/aromatic N) is 5. The normalized spacial score (nSPS) is 20.2. The number of fused-ring (bicyclic) bond motifs is 2. The van der Waals surface area contributed by atoms with E-state index in [1.165, 1.54) is 11.0 Å². The monoisotopic (exact) mass is 841 g/mol. The Balaban J connectivity index is 0.819. The van der Waals surface area contributed by atoms with E-state index in [-0.39, 0.29) is 42.7 Å². The first kappa shape index (κ1) is 39.0. The molecule has 4 aromatic rings. The summed E-state index contributed by atoms with van der Waals surface area (Å²) in [5, 5.41) is 6.76. The van der Waals surface area contributed by atoms with Crippen molar-refractivity contribution in [1.29, 1.82) is 0 Å². The summed E-state index contributed by atoms with van der Waals surface area (Å²) in [5.41, 5.74) is 3.73. The predicted molar refractivity (Wildman–Crippen MR) is 219 cm³/mol. The van der Waals surface area contributed by atoms with Crippen molar-refractivity contribution >= 4 is 56.1 Å². The number of aryl methyl sites for hydroxylation is 1. The number of carbonyl (C=O) groups excluding carboxylic acids is 3. The molecule has 300 valence electrons. The molecule has 3 saturated heterocycles. The Kier molecular flexibility index (Phi) is 11.1. The molecule has 0 bridgehead atoms. The van der Waals surface area contributed by atoms with Crippen LogP contribution in [0.25, 0.3) is 10.9 Å². The Labute approximate surface area is 340 Å². The zero-order chi connectivity index (χ0) is 39.8. The quantitative estimate of drug-likeness (QED) is 0.121. The van der Waals surface area contributed by atoms with Crippen molar-refractivity contribution in [3.8, 4) is 11.5 Å². The molecular weight excluding hydrogens is 793 g/mol. The molecule has 0 radical (unpaired) electrons. The standard InChI is InChI=1S/C43H49BrFN7O5/c1-26(28-6-4-7-30(44)20-28)46-40-32-23-37(56-3)38(24-34(32)47-27(2)48-40)57-19-5-14-50-15-10-43(11-16-50)12-17-51(18-13-43)36-21-29-25-52(42(55)31(29)22-33(36)45)35-8-9-39(53)49-41(35)54/h4,6-7,20-24,26,35H,5,8-19,25H2,1-3H3,(H,46,47,48)(H,49,53,54). The molecule has 2 unspecified atom stereocenters. The van der Waals surface area contributed by atoms with Gasteiger partial charge in [0.15, 0.2) is 11.5 Å². The van der Waals surface area contributed by atoms with Crippen LogP contribution in [0.3, 0.4) is 0 Å². The van der Waals surface area contributed by atoms with E-state index >= 15 is 4.39 Å². The van der Waals surface area contributed by atoms with Gasteiger partial charge in [0.2, 0.25) is 11.8 Å². The third kappa shape index (κ3) is 8.16. The summed E-state index contributed by atoms with van der Waals surface area (Å²) in [6.07, 6.45) is 5.55. The molecule has 2 N–H and O–H groups in total. The minimum absolute atomic E-state index is 0.0245. The molecule has 14 heteroatoms. The number of carbonyl (C=O) groups is 3. The molecular formula is C43H49BrFN7O5. The van der Waals surface area contributed by atoms with Crippen LogP contribution in [0, 0.1) is 18.2 Å². The highest BCUT2D eigenvalue weighted by Gasteiger charge is 2.41. The number of benzene rings is 3. The van der Waals surface area contributed by atoms with E-state index in [1.807, 2.05) is 31.2 Å². The summed E-state index contributed by atoms with van der Waals surface area (Å²) in [4.78, 5) is 52.8. The molecule has 1 spiro atoms. The van der Waals surface area contributed by atoms with E-state index in [1.54, 1.807) is 13.2 Å². The zero-order valence-electron chi connectivity index (χ0n) is 32.7. The highest BCUT2D eigenvalue weighted by atomic mass is 79.9. The van der Waals surface area contributed by atoms with E-state index in [0.717, 1.165) is 97.1 Å². The van der Waals surface area contributed by atoms with Crippen LogP contribution < -0.4 is 25.0 Å². The number of hydrogen-bond donors (Lipinski definition) is 2. The summed E-state index contributed by atoms with van der Waals surface area (Å²) in [6.45, 7) is 9.30. The van der Waals surface area contributed by atoms with Crippen LogP contribution in [0.1, 0.15) is 85.2 Å². The van der Waals surface area contributed by atoms with E-state index in [4.69, 9.17) is 19.4 Å². The first-order valence-electron chi connectivity index (χ1n) is 19.9. The number of amides is 3. The second kappa shape index (κ2) is 16.2. The van der Waals surface area contributed by atoms with Crippen LogP contribution in [0.2, 0.25) is 0 Å². The highest BCUT2D eigenvalue weighted by Crippen LogP contribution is 2.43. The van der Waals surface area contributed by atoms with Gasteiger partial charge in [-0.3, -0.25) is 19.7 Å². The van der Waals surface area contributed by atoms with Crippen molar-refractivity contribution in [2.24, 2.45) is 5.41 Å². The van der Waals surface area contributed by atoms with E-state index in [2.05, 4.69) is 55.4 Å². The number of likely N-dealkylation sites (tertiary alicyclic amines) is 1. The van der Waals surface area contributed by atoms with E-state index in [9.17, 15) is 14.4 Å². The van der Waals surface area contributed by atoms with Gasteiger partial charge in [0.1, 0.15) is 23.5 Å². The molecule has 8 rings (SSSR count). The van der Waals surface area contributed by atoms with Gasteiger partial charge >= 0.3 is 0 Å². The van der Waals surface area contributed by atoms with Gasteiger partial charge in [-0.1, -0.05) is 28.1 Å². The highest BCUT2D eigenvalue weighted by molar-refractivity contribution is 9.10. The van der Waals surface area contributed by atoms with Crippen LogP contribution in [-0.4, -0.2) is 90.0 Å². The first-order valence-corrected chi connectivity index (χ1v) is 20.7. The number of methoxy groups -OCH3 is 1. The largest absolute Gasteiger partial charge is 0.493 e. The van der Waals surface area contributed by atoms with Gasteiger partial charge in [0, 0.05) is 54.1 Å². The van der Waals surface area contributed by atoms with Gasteiger partial charge in [-0.2, -0.15) is 0 Å². The fourth-order valence-electron chi connectivity index (χ4n) is 8.96. The number of ether oxygens (including phenoxy) is 2. The van der Waals surface area contributed by atoms with Gasteiger partial charge in [-0.15, -0.1) is 0 Å². The van der Waals surface area contributed by atoms with Crippen LogP contribution in [0.15, 0.2) is 53.0 Å². The molecule has 1 aromatic heterocycles. The minimum atomic E-state index is -0.717. The van der Waals surface area contributed by atoms with Crippen molar-refractivity contribution in [2.75, 3.05) is 56.7 Å². The Morgan fingerprint density at radius 3 is 2.53 bits per heavy atom. The fraction of sp³-hybridized carbons (Fsp3) is 0.465. The van der Waals surface area contributed by atoms with Crippen molar-refractivity contribution < 1.29 is 28.2 Å². The van der Waals surface area contributed by atoms with Crippen molar-refractivity contribution in [3.63, 3.8) is 0 Å². The van der Waals surface area contributed by atoms with Crippen molar-refractivity contribution in [1.82, 2.24) is 25.1 Å². The molecule has 0 aliphatic carbocycles. The van der Waals surface area contributed by atoms with Gasteiger partial charge in [0.05, 0.1) is 31.0 Å². The topological polar surface area (TPSA) is 129 Å². The number of halogens is 2. The number of hydrogen-bond acceptors (Lipinski definition) is 10. The van der Waals surface area contributed by atoms with Crippen LogP contribution >= 0.6 is 15.9 Å². The maximum absolute atomic E-state index is 15.5. The average molecular weight is 843 g/mol. The maximum Gasteiger partial charge on any atom is 0.255 e. The predicted octanol–water partition coefficient (Wildman–Crippen LogP) is 6.93. The lowest BCUT2D eigenvalue weighted by molar-refractivity contribution is -0.136. The lowest BCUT2D eigenvalue weighted by Crippen LogP contribution is -2.52. The summed E-state index contributed by atoms with van der Waals surface area (Å²) in [5.74, 6) is 1.16. The second-order valence-corrected chi connectivity index (χ2v) is 16.9. The second-order valence-electron chi connectivity index (χ2n) is 16.0. The zero-order valence-corrected chi connectivity index (χ0v) is 34.3. The Morgan fingerprint density at radius 2 is 1.79 bits per heavy atom. The molecule has 57 heavy (non-hydrogen) atoms. The minimum Gasteiger partial charge on any atom is -0.493 e. The van der Waals surface area contributed by atoms with E-state index in [0.29, 0.717) is 35.2 Å². The number of piperidine rings is 3. The molecule has 2 atom stereocenters. The molecule has 4 aliphatic rings. The van der Waals surface area contributed by atoms with Crippen LogP contribution in [-0.2, 0) is 16.1 Å². The number of imide groups is 1. The molecule has 5 heterocycles. The smallest absolute Gasteiger partial charge is 0.255 e. The van der Waals surface area contributed by atoms with Crippen LogP contribution in [0.4, 0.5) is 15.9 Å². The summed E-state index contributed by atoms with van der Waals surface area (Å²) in [6, 6.07) is 14.5. The van der Waals surface area contributed by atoms with Gasteiger partial charge in [-0.05, 0) is 112 Å². The third-order valence-corrected chi connectivity index (χ3v) is 12.8. The Hall–Kier alpha value is -4.82. The fourth-order valence-corrected chi connectivity index (χ4v) is 9.38. The summed E-state index contributed by atoms with van der Waals surface area (Å²) in [7, 11) is 1.65. The van der Waals surface area contributed by atoms with Crippen molar-refractivity contribution in [3.05, 3.63) is 81.3 Å². The number of nitrogens with one attached hydrogen (secondary N) is 2. The SMILES string of the molecule is COc1cc2c(NC(C)c3cccc(Br)c3)nc(C)nc2cc1OCCCN1CCC2(CC1)CCN(c1cc3c(cc1F)C(=O)N(C1CCC(=O)NC1=O)C3)CC2. The Bertz CT molecular complexity index is 2200. The summed E-state index contributed by atoms with van der Waals surface area (Å²) >= 11 is 3.57. The first-order chi connectivity index (χ1) is 27.5. The summed E-state index contributed by atoms with van der Waals surface area (Å²) < 4.78 is 28.6. The third-order valence-electron chi connectivity index (χ3n) is 12.3. The molecule has 3 amide bonds. The van der Waals surface area contributed by atoms with Gasteiger partial charge < -0.3 is 29.5 Å². The average Bonchev–Trinajstić information content (AvgIpc) is 3.51. The molecule has 12 nitrogen and oxygen atoms in total. The Morgan fingerprint density at radius 1 is 1.02 bits per heavy atom.